The normalized spacial score (nSPS) is 10.4. The van der Waals surface area contributed by atoms with E-state index < -0.39 is 5.97 Å². The van der Waals surface area contributed by atoms with Crippen molar-refractivity contribution in [2.45, 2.75) is 13.5 Å². The molecule has 0 amide bonds. The number of hydrogen-bond donors (Lipinski definition) is 0. The van der Waals surface area contributed by atoms with Crippen molar-refractivity contribution in [1.29, 1.82) is 0 Å². The SMILES string of the molecule is CCOc1ccccc1COC(=O)c1nn(-c2ccccc2)cc1OC. The molecule has 0 aliphatic rings. The Labute approximate surface area is 151 Å². The van der Waals surface area contributed by atoms with Gasteiger partial charge in [0.15, 0.2) is 5.75 Å². The second kappa shape index (κ2) is 8.20. The van der Waals surface area contributed by atoms with Crippen LogP contribution in [0.25, 0.3) is 5.69 Å². The van der Waals surface area contributed by atoms with Crippen molar-refractivity contribution < 1.29 is 19.0 Å². The van der Waals surface area contributed by atoms with Crippen molar-refractivity contribution in [2.24, 2.45) is 0 Å². The van der Waals surface area contributed by atoms with E-state index in [1.807, 2.05) is 61.5 Å². The topological polar surface area (TPSA) is 62.6 Å². The fourth-order valence-corrected chi connectivity index (χ4v) is 2.49. The molecule has 134 valence electrons. The lowest BCUT2D eigenvalue weighted by molar-refractivity contribution is 0.0458. The van der Waals surface area contributed by atoms with Crippen LogP contribution in [-0.4, -0.2) is 29.5 Å². The number of para-hydroxylation sites is 2. The van der Waals surface area contributed by atoms with Gasteiger partial charge in [-0.25, -0.2) is 9.48 Å². The molecule has 0 atom stereocenters. The van der Waals surface area contributed by atoms with Gasteiger partial charge < -0.3 is 14.2 Å². The quantitative estimate of drug-likeness (QED) is 0.608. The van der Waals surface area contributed by atoms with Crippen LogP contribution >= 0.6 is 0 Å². The monoisotopic (exact) mass is 352 g/mol. The van der Waals surface area contributed by atoms with Gasteiger partial charge in [-0.1, -0.05) is 36.4 Å². The Morgan fingerprint density at radius 1 is 1.04 bits per heavy atom. The summed E-state index contributed by atoms with van der Waals surface area (Å²) in [5.41, 5.74) is 1.75. The van der Waals surface area contributed by atoms with Gasteiger partial charge in [0.2, 0.25) is 5.69 Å². The highest BCUT2D eigenvalue weighted by Gasteiger charge is 2.20. The van der Waals surface area contributed by atoms with E-state index in [4.69, 9.17) is 14.2 Å². The minimum atomic E-state index is -0.553. The third-order valence-corrected chi connectivity index (χ3v) is 3.75. The van der Waals surface area contributed by atoms with Crippen LogP contribution < -0.4 is 9.47 Å². The van der Waals surface area contributed by atoms with Crippen molar-refractivity contribution in [2.75, 3.05) is 13.7 Å². The highest BCUT2D eigenvalue weighted by atomic mass is 16.5. The van der Waals surface area contributed by atoms with Crippen LogP contribution in [0.15, 0.2) is 60.8 Å². The first kappa shape index (κ1) is 17.5. The smallest absolute Gasteiger partial charge is 0.363 e. The maximum Gasteiger partial charge on any atom is 0.363 e. The Hall–Kier alpha value is -3.28. The zero-order valence-electron chi connectivity index (χ0n) is 14.7. The molecule has 0 bridgehead atoms. The average Bonchev–Trinajstić information content (AvgIpc) is 3.12. The predicted molar refractivity (Wildman–Crippen MR) is 96.8 cm³/mol. The highest BCUT2D eigenvalue weighted by molar-refractivity contribution is 5.90. The summed E-state index contributed by atoms with van der Waals surface area (Å²) in [6.45, 7) is 2.54. The number of benzene rings is 2. The van der Waals surface area contributed by atoms with Crippen LogP contribution in [0.5, 0.6) is 11.5 Å². The number of methoxy groups -OCH3 is 1. The molecule has 26 heavy (non-hydrogen) atoms. The summed E-state index contributed by atoms with van der Waals surface area (Å²) in [7, 11) is 1.49. The molecule has 0 saturated carbocycles. The largest absolute Gasteiger partial charge is 0.493 e. The van der Waals surface area contributed by atoms with Crippen molar-refractivity contribution in [1.82, 2.24) is 9.78 Å². The summed E-state index contributed by atoms with van der Waals surface area (Å²) >= 11 is 0. The average molecular weight is 352 g/mol. The molecule has 0 unspecified atom stereocenters. The van der Waals surface area contributed by atoms with Gasteiger partial charge in [0, 0.05) is 5.56 Å². The number of hydrogen-bond acceptors (Lipinski definition) is 5. The molecule has 0 aliphatic heterocycles. The maximum absolute atomic E-state index is 12.5. The molecule has 0 spiro atoms. The molecule has 3 rings (SSSR count). The number of carbonyl (C=O) groups excluding carboxylic acids is 1. The van der Waals surface area contributed by atoms with Gasteiger partial charge in [-0.2, -0.15) is 5.10 Å². The Balaban J connectivity index is 1.77. The molecule has 6 heteroatoms. The standard InChI is InChI=1S/C20H20N2O4/c1-3-25-17-12-8-7-9-15(17)14-26-20(23)19-18(24-2)13-22(21-19)16-10-5-4-6-11-16/h4-13H,3,14H2,1-2H3. The van der Waals surface area contributed by atoms with Gasteiger partial charge in [-0.15, -0.1) is 0 Å². The van der Waals surface area contributed by atoms with Crippen LogP contribution in [0.2, 0.25) is 0 Å². The Bertz CT molecular complexity index is 875. The number of carbonyl (C=O) groups is 1. The van der Waals surface area contributed by atoms with E-state index in [0.29, 0.717) is 18.1 Å². The van der Waals surface area contributed by atoms with E-state index in [1.54, 1.807) is 10.9 Å². The van der Waals surface area contributed by atoms with Gasteiger partial charge in [-0.3, -0.25) is 0 Å². The fraction of sp³-hybridized carbons (Fsp3) is 0.200. The first-order valence-corrected chi connectivity index (χ1v) is 8.29. The van der Waals surface area contributed by atoms with Crippen LogP contribution in [0.4, 0.5) is 0 Å². The van der Waals surface area contributed by atoms with Crippen molar-refractivity contribution >= 4 is 5.97 Å². The second-order valence-electron chi connectivity index (χ2n) is 5.44. The Kier molecular flexibility index (Phi) is 5.53. The van der Waals surface area contributed by atoms with Crippen LogP contribution in [0.1, 0.15) is 23.0 Å². The van der Waals surface area contributed by atoms with E-state index >= 15 is 0 Å². The number of esters is 1. The molecule has 0 radical (unpaired) electrons. The van der Waals surface area contributed by atoms with Gasteiger partial charge in [0.05, 0.1) is 25.6 Å². The number of nitrogens with zero attached hydrogens (tertiary/aromatic N) is 2. The maximum atomic E-state index is 12.5. The van der Waals surface area contributed by atoms with Crippen LogP contribution in [-0.2, 0) is 11.3 Å². The van der Waals surface area contributed by atoms with E-state index in [9.17, 15) is 4.79 Å². The molecular formula is C20H20N2O4. The van der Waals surface area contributed by atoms with E-state index in [2.05, 4.69) is 5.10 Å². The third-order valence-electron chi connectivity index (χ3n) is 3.75. The number of rotatable bonds is 7. The lowest BCUT2D eigenvalue weighted by atomic mass is 10.2. The lowest BCUT2D eigenvalue weighted by Crippen LogP contribution is -2.09. The molecule has 1 aromatic heterocycles. The molecule has 6 nitrogen and oxygen atoms in total. The van der Waals surface area contributed by atoms with Gasteiger partial charge in [-0.05, 0) is 25.1 Å². The van der Waals surface area contributed by atoms with Crippen LogP contribution in [0.3, 0.4) is 0 Å². The van der Waals surface area contributed by atoms with Gasteiger partial charge in [0.1, 0.15) is 12.4 Å². The number of aromatic nitrogens is 2. The molecule has 0 N–H and O–H groups in total. The molecule has 0 saturated heterocycles. The summed E-state index contributed by atoms with van der Waals surface area (Å²) in [6, 6.07) is 16.9. The first-order valence-electron chi connectivity index (χ1n) is 8.29. The highest BCUT2D eigenvalue weighted by Crippen LogP contribution is 2.23. The Morgan fingerprint density at radius 2 is 1.77 bits per heavy atom. The minimum Gasteiger partial charge on any atom is -0.493 e. The summed E-state index contributed by atoms with van der Waals surface area (Å²) in [6.07, 6.45) is 1.65. The third kappa shape index (κ3) is 3.85. The molecule has 3 aromatic rings. The van der Waals surface area contributed by atoms with Gasteiger partial charge >= 0.3 is 5.97 Å². The van der Waals surface area contributed by atoms with Crippen molar-refractivity contribution in [3.8, 4) is 17.2 Å². The zero-order chi connectivity index (χ0) is 18.4. The molecule has 0 aliphatic carbocycles. The fourth-order valence-electron chi connectivity index (χ4n) is 2.49. The summed E-state index contributed by atoms with van der Waals surface area (Å²) in [5.74, 6) is 0.504. The predicted octanol–water partition coefficient (Wildman–Crippen LogP) is 3.64. The minimum absolute atomic E-state index is 0.0936. The summed E-state index contributed by atoms with van der Waals surface area (Å²) < 4.78 is 17.8. The first-order chi connectivity index (χ1) is 12.7. The van der Waals surface area contributed by atoms with E-state index in [-0.39, 0.29) is 12.3 Å². The van der Waals surface area contributed by atoms with Crippen molar-refractivity contribution in [3.63, 3.8) is 0 Å². The lowest BCUT2D eigenvalue weighted by Gasteiger charge is -2.10. The Morgan fingerprint density at radius 3 is 2.50 bits per heavy atom. The van der Waals surface area contributed by atoms with E-state index in [1.165, 1.54) is 7.11 Å². The summed E-state index contributed by atoms with van der Waals surface area (Å²) in [4.78, 5) is 12.5. The molecular weight excluding hydrogens is 332 g/mol. The van der Waals surface area contributed by atoms with Crippen LogP contribution in [0, 0.1) is 0 Å². The molecule has 0 fully saturated rings. The zero-order valence-corrected chi connectivity index (χ0v) is 14.7. The second-order valence-corrected chi connectivity index (χ2v) is 5.44. The van der Waals surface area contributed by atoms with Gasteiger partial charge in [0.25, 0.3) is 0 Å². The number of ether oxygens (including phenoxy) is 3. The molecule has 1 heterocycles. The summed E-state index contributed by atoms with van der Waals surface area (Å²) in [5, 5.41) is 4.31. The van der Waals surface area contributed by atoms with E-state index in [0.717, 1.165) is 11.3 Å². The molecule has 2 aromatic carbocycles. The van der Waals surface area contributed by atoms with Crippen molar-refractivity contribution in [3.05, 3.63) is 72.1 Å².